The van der Waals surface area contributed by atoms with E-state index in [1.807, 2.05) is 54.6 Å². The van der Waals surface area contributed by atoms with Gasteiger partial charge in [-0.05, 0) is 19.1 Å². The first-order chi connectivity index (χ1) is 12.1. The van der Waals surface area contributed by atoms with Crippen LogP contribution in [0.15, 0.2) is 59.0 Å². The van der Waals surface area contributed by atoms with Crippen LogP contribution in [-0.2, 0) is 0 Å². The van der Waals surface area contributed by atoms with Crippen LogP contribution in [0.25, 0.3) is 34.1 Å². The molecule has 0 aliphatic rings. The van der Waals surface area contributed by atoms with Crippen molar-refractivity contribution in [3.8, 4) is 23.0 Å². The Morgan fingerprint density at radius 2 is 1.68 bits per heavy atom. The van der Waals surface area contributed by atoms with Crippen LogP contribution < -0.4 is 0 Å². The van der Waals surface area contributed by atoms with Crippen LogP contribution in [0.2, 0.25) is 0 Å². The van der Waals surface area contributed by atoms with Gasteiger partial charge in [0.15, 0.2) is 5.58 Å². The standard InChI is InChI=1S/C19H13N3O3/c1-11-15(19(23)24)16(12-7-3-2-4-8-12)22-17(20-11)18-21-13-9-5-6-10-14(13)25-18/h2-10H,1H3,(H,23,24). The molecule has 4 rings (SSSR count). The summed E-state index contributed by atoms with van der Waals surface area (Å²) in [5.74, 6) is -0.545. The summed E-state index contributed by atoms with van der Waals surface area (Å²) in [6.07, 6.45) is 0. The zero-order chi connectivity index (χ0) is 17.4. The number of aryl methyl sites for hydroxylation is 1. The number of carbonyl (C=O) groups is 1. The molecular weight excluding hydrogens is 318 g/mol. The third-order valence-electron chi connectivity index (χ3n) is 3.84. The minimum absolute atomic E-state index is 0.0751. The fraction of sp³-hybridized carbons (Fsp3) is 0.0526. The maximum atomic E-state index is 11.7. The highest BCUT2D eigenvalue weighted by molar-refractivity contribution is 5.96. The van der Waals surface area contributed by atoms with E-state index in [1.54, 1.807) is 6.92 Å². The van der Waals surface area contributed by atoms with E-state index in [-0.39, 0.29) is 17.3 Å². The highest BCUT2D eigenvalue weighted by Gasteiger charge is 2.21. The number of hydrogen-bond donors (Lipinski definition) is 1. The van der Waals surface area contributed by atoms with Crippen LogP contribution in [0, 0.1) is 6.92 Å². The molecule has 0 saturated carbocycles. The second kappa shape index (κ2) is 5.83. The van der Waals surface area contributed by atoms with Gasteiger partial charge >= 0.3 is 5.97 Å². The highest BCUT2D eigenvalue weighted by Crippen LogP contribution is 2.28. The normalized spacial score (nSPS) is 10.9. The number of carboxylic acids is 1. The van der Waals surface area contributed by atoms with E-state index < -0.39 is 5.97 Å². The summed E-state index contributed by atoms with van der Waals surface area (Å²) in [6.45, 7) is 1.64. The van der Waals surface area contributed by atoms with Gasteiger partial charge in [-0.25, -0.2) is 19.7 Å². The molecule has 0 fully saturated rings. The van der Waals surface area contributed by atoms with E-state index in [2.05, 4.69) is 15.0 Å². The van der Waals surface area contributed by atoms with E-state index in [1.165, 1.54) is 0 Å². The number of oxazole rings is 1. The minimum Gasteiger partial charge on any atom is -0.478 e. The molecule has 0 saturated heterocycles. The average Bonchev–Trinajstić information content (AvgIpc) is 3.05. The molecule has 0 unspecified atom stereocenters. The zero-order valence-corrected chi connectivity index (χ0v) is 13.3. The Hall–Kier alpha value is -3.54. The third kappa shape index (κ3) is 2.63. The van der Waals surface area contributed by atoms with Crippen LogP contribution in [0.4, 0.5) is 0 Å². The number of para-hydroxylation sites is 2. The summed E-state index contributed by atoms with van der Waals surface area (Å²) in [7, 11) is 0. The molecule has 0 bridgehead atoms. The number of carboxylic acid groups (broad SMARTS) is 1. The van der Waals surface area contributed by atoms with Crippen LogP contribution in [0.5, 0.6) is 0 Å². The Bertz CT molecular complexity index is 1050. The van der Waals surface area contributed by atoms with Crippen molar-refractivity contribution in [2.24, 2.45) is 0 Å². The molecule has 0 spiro atoms. The zero-order valence-electron chi connectivity index (χ0n) is 13.3. The Kier molecular flexibility index (Phi) is 3.50. The third-order valence-corrected chi connectivity index (χ3v) is 3.84. The number of rotatable bonds is 3. The van der Waals surface area contributed by atoms with Crippen molar-refractivity contribution in [3.05, 3.63) is 65.9 Å². The van der Waals surface area contributed by atoms with Crippen LogP contribution >= 0.6 is 0 Å². The maximum Gasteiger partial charge on any atom is 0.339 e. The van der Waals surface area contributed by atoms with Crippen molar-refractivity contribution in [2.75, 3.05) is 0 Å². The summed E-state index contributed by atoms with van der Waals surface area (Å²) in [4.78, 5) is 24.8. The lowest BCUT2D eigenvalue weighted by molar-refractivity contribution is 0.0696. The number of fused-ring (bicyclic) bond motifs is 1. The SMILES string of the molecule is Cc1nc(-c2nc3ccccc3o2)nc(-c2ccccc2)c1C(=O)O. The predicted octanol–water partition coefficient (Wildman–Crippen LogP) is 3.96. The fourth-order valence-corrected chi connectivity index (χ4v) is 2.70. The molecule has 0 aliphatic heterocycles. The molecule has 4 aromatic rings. The van der Waals surface area contributed by atoms with Crippen molar-refractivity contribution >= 4 is 17.1 Å². The van der Waals surface area contributed by atoms with Crippen molar-refractivity contribution in [3.63, 3.8) is 0 Å². The fourth-order valence-electron chi connectivity index (χ4n) is 2.70. The Morgan fingerprint density at radius 3 is 2.40 bits per heavy atom. The second-order valence-corrected chi connectivity index (χ2v) is 5.51. The van der Waals surface area contributed by atoms with Gasteiger partial charge in [-0.2, -0.15) is 0 Å². The molecule has 25 heavy (non-hydrogen) atoms. The lowest BCUT2D eigenvalue weighted by atomic mass is 10.0. The van der Waals surface area contributed by atoms with Gasteiger partial charge < -0.3 is 9.52 Å². The number of aromatic carboxylic acids is 1. The van der Waals surface area contributed by atoms with E-state index in [4.69, 9.17) is 4.42 Å². The molecule has 0 amide bonds. The van der Waals surface area contributed by atoms with Crippen LogP contribution in [0.3, 0.4) is 0 Å². The van der Waals surface area contributed by atoms with Gasteiger partial charge in [0.2, 0.25) is 5.82 Å². The Balaban J connectivity index is 1.95. The van der Waals surface area contributed by atoms with Gasteiger partial charge in [-0.15, -0.1) is 0 Å². The quantitative estimate of drug-likeness (QED) is 0.611. The topological polar surface area (TPSA) is 89.1 Å². The van der Waals surface area contributed by atoms with E-state index in [0.29, 0.717) is 28.1 Å². The minimum atomic E-state index is -1.07. The number of benzene rings is 2. The smallest absolute Gasteiger partial charge is 0.339 e. The molecule has 2 heterocycles. The first kappa shape index (κ1) is 15.0. The lowest BCUT2D eigenvalue weighted by Gasteiger charge is -2.09. The first-order valence-electron chi connectivity index (χ1n) is 7.67. The number of hydrogen-bond acceptors (Lipinski definition) is 5. The van der Waals surface area contributed by atoms with Crippen molar-refractivity contribution in [2.45, 2.75) is 6.92 Å². The molecule has 1 N–H and O–H groups in total. The molecule has 6 nitrogen and oxygen atoms in total. The van der Waals surface area contributed by atoms with Crippen molar-refractivity contribution < 1.29 is 14.3 Å². The molecule has 122 valence electrons. The molecule has 6 heteroatoms. The van der Waals surface area contributed by atoms with Gasteiger partial charge in [-0.1, -0.05) is 42.5 Å². The maximum absolute atomic E-state index is 11.7. The van der Waals surface area contributed by atoms with E-state index in [9.17, 15) is 9.90 Å². The average molecular weight is 331 g/mol. The number of nitrogens with zero attached hydrogens (tertiary/aromatic N) is 3. The first-order valence-corrected chi connectivity index (χ1v) is 7.67. The highest BCUT2D eigenvalue weighted by atomic mass is 16.4. The largest absolute Gasteiger partial charge is 0.478 e. The van der Waals surface area contributed by atoms with Gasteiger partial charge in [-0.3, -0.25) is 0 Å². The van der Waals surface area contributed by atoms with Gasteiger partial charge in [0.25, 0.3) is 5.89 Å². The monoisotopic (exact) mass is 331 g/mol. The summed E-state index contributed by atoms with van der Waals surface area (Å²) in [5, 5.41) is 9.56. The number of aromatic nitrogens is 3. The van der Waals surface area contributed by atoms with E-state index in [0.717, 1.165) is 0 Å². The summed E-state index contributed by atoms with van der Waals surface area (Å²) in [6, 6.07) is 16.5. The van der Waals surface area contributed by atoms with Gasteiger partial charge in [0, 0.05) is 5.56 Å². The van der Waals surface area contributed by atoms with E-state index >= 15 is 0 Å². The molecule has 2 aromatic heterocycles. The van der Waals surface area contributed by atoms with Gasteiger partial charge in [0.1, 0.15) is 11.1 Å². The Labute approximate surface area is 142 Å². The molecule has 0 atom stereocenters. The predicted molar refractivity (Wildman–Crippen MR) is 92.2 cm³/mol. The van der Waals surface area contributed by atoms with Gasteiger partial charge in [0.05, 0.1) is 11.4 Å². The molecular formula is C19H13N3O3. The van der Waals surface area contributed by atoms with Crippen LogP contribution in [0.1, 0.15) is 16.1 Å². The summed E-state index contributed by atoms with van der Waals surface area (Å²) < 4.78 is 5.72. The molecule has 0 radical (unpaired) electrons. The molecule has 2 aromatic carbocycles. The lowest BCUT2D eigenvalue weighted by Crippen LogP contribution is -2.08. The summed E-state index contributed by atoms with van der Waals surface area (Å²) >= 11 is 0. The second-order valence-electron chi connectivity index (χ2n) is 5.51. The molecule has 0 aliphatic carbocycles. The van der Waals surface area contributed by atoms with Crippen molar-refractivity contribution in [1.29, 1.82) is 0 Å². The Morgan fingerprint density at radius 1 is 0.960 bits per heavy atom. The summed E-state index contributed by atoms with van der Waals surface area (Å²) in [5.41, 5.74) is 2.80. The van der Waals surface area contributed by atoms with Crippen molar-refractivity contribution in [1.82, 2.24) is 15.0 Å². The van der Waals surface area contributed by atoms with Crippen LogP contribution in [-0.4, -0.2) is 26.0 Å².